The number of rotatable bonds is 6. The Morgan fingerprint density at radius 1 is 1.29 bits per heavy atom. The molecule has 1 unspecified atom stereocenters. The van der Waals surface area contributed by atoms with Crippen LogP contribution in [0.1, 0.15) is 47.5 Å². The topological polar surface area (TPSA) is 84.4 Å². The molecule has 1 N–H and O–H groups in total. The summed E-state index contributed by atoms with van der Waals surface area (Å²) in [6, 6.07) is 7.30. The molecule has 2 amide bonds. The number of nitrogens with one attached hydrogen (secondary N) is 1. The minimum Gasteiger partial charge on any atom is -0.492 e. The number of hydrogen-bond donors (Lipinski definition) is 1. The van der Waals surface area contributed by atoms with E-state index in [2.05, 4.69) is 15.3 Å². The smallest absolute Gasteiger partial charge is 0.274 e. The van der Waals surface area contributed by atoms with Crippen molar-refractivity contribution in [2.75, 3.05) is 19.7 Å². The largest absolute Gasteiger partial charge is 0.492 e. The Morgan fingerprint density at radius 3 is 2.86 bits per heavy atom. The molecular weight excluding hydrogens is 356 g/mol. The van der Waals surface area contributed by atoms with E-state index in [1.807, 2.05) is 26.0 Å². The van der Waals surface area contributed by atoms with Crippen LogP contribution in [0, 0.1) is 5.92 Å². The Bertz CT molecular complexity index is 810. The number of carbonyl (C=O) groups excluding carboxylic acids is 2. The van der Waals surface area contributed by atoms with Crippen LogP contribution in [0.15, 0.2) is 42.9 Å². The molecule has 1 aromatic carbocycles. The summed E-state index contributed by atoms with van der Waals surface area (Å²) >= 11 is 0. The van der Waals surface area contributed by atoms with Crippen molar-refractivity contribution >= 4 is 11.8 Å². The van der Waals surface area contributed by atoms with Crippen LogP contribution in [-0.4, -0.2) is 52.4 Å². The van der Waals surface area contributed by atoms with Crippen molar-refractivity contribution in [2.45, 2.75) is 32.7 Å². The van der Waals surface area contributed by atoms with E-state index in [0.717, 1.165) is 12.8 Å². The first kappa shape index (κ1) is 19.8. The van der Waals surface area contributed by atoms with Gasteiger partial charge in [-0.05, 0) is 38.8 Å². The van der Waals surface area contributed by atoms with Gasteiger partial charge in [-0.15, -0.1) is 0 Å². The number of hydrogen-bond acceptors (Lipinski definition) is 5. The molecule has 0 bridgehead atoms. The van der Waals surface area contributed by atoms with Gasteiger partial charge >= 0.3 is 0 Å². The highest BCUT2D eigenvalue weighted by molar-refractivity contribution is 5.97. The average Bonchev–Trinajstić information content (AvgIpc) is 2.72. The minimum absolute atomic E-state index is 0.0551. The maximum Gasteiger partial charge on any atom is 0.274 e. The molecular formula is C21H26N4O3. The molecule has 1 aromatic heterocycles. The van der Waals surface area contributed by atoms with E-state index in [1.165, 1.54) is 12.4 Å². The standard InChI is InChI=1S/C21H26N4O3/c1-15(2)24-20(26)17-7-3-4-8-19(17)28-14-16-6-5-11-25(13-16)21(27)18-12-22-9-10-23-18/h3-4,7-10,12,15-16H,5-6,11,13-14H2,1-2H3,(H,24,26). The second kappa shape index (κ2) is 9.30. The number of benzene rings is 1. The maximum atomic E-state index is 12.6. The molecule has 7 heteroatoms. The summed E-state index contributed by atoms with van der Waals surface area (Å²) in [5.41, 5.74) is 0.888. The van der Waals surface area contributed by atoms with E-state index in [9.17, 15) is 9.59 Å². The molecule has 0 radical (unpaired) electrons. The Kier molecular flexibility index (Phi) is 6.57. The first-order valence-electron chi connectivity index (χ1n) is 9.62. The Balaban J connectivity index is 1.61. The van der Waals surface area contributed by atoms with Crippen LogP contribution in [0.25, 0.3) is 0 Å². The fraction of sp³-hybridized carbons (Fsp3) is 0.429. The molecule has 0 saturated carbocycles. The normalized spacial score (nSPS) is 16.7. The van der Waals surface area contributed by atoms with Gasteiger partial charge in [-0.2, -0.15) is 0 Å². The highest BCUT2D eigenvalue weighted by atomic mass is 16.5. The van der Waals surface area contributed by atoms with Crippen LogP contribution in [0.5, 0.6) is 5.75 Å². The van der Waals surface area contributed by atoms with Crippen LogP contribution in [0.3, 0.4) is 0 Å². The van der Waals surface area contributed by atoms with Crippen LogP contribution < -0.4 is 10.1 Å². The summed E-state index contributed by atoms with van der Waals surface area (Å²) in [4.78, 5) is 34.8. The molecule has 1 saturated heterocycles. The van der Waals surface area contributed by atoms with E-state index in [0.29, 0.717) is 36.7 Å². The van der Waals surface area contributed by atoms with Crippen molar-refractivity contribution in [2.24, 2.45) is 5.92 Å². The summed E-state index contributed by atoms with van der Waals surface area (Å²) in [5.74, 6) is 0.525. The van der Waals surface area contributed by atoms with Gasteiger partial charge in [-0.1, -0.05) is 12.1 Å². The van der Waals surface area contributed by atoms with Gasteiger partial charge in [0, 0.05) is 37.4 Å². The van der Waals surface area contributed by atoms with Crippen molar-refractivity contribution in [1.29, 1.82) is 0 Å². The monoisotopic (exact) mass is 382 g/mol. The van der Waals surface area contributed by atoms with Gasteiger partial charge in [0.1, 0.15) is 11.4 Å². The lowest BCUT2D eigenvalue weighted by atomic mass is 9.98. The van der Waals surface area contributed by atoms with Gasteiger partial charge in [0.2, 0.25) is 0 Å². The second-order valence-corrected chi connectivity index (χ2v) is 7.29. The average molecular weight is 382 g/mol. The van der Waals surface area contributed by atoms with Gasteiger partial charge in [0.25, 0.3) is 11.8 Å². The molecule has 148 valence electrons. The molecule has 1 aliphatic rings. The lowest BCUT2D eigenvalue weighted by Gasteiger charge is -2.32. The third-order valence-electron chi connectivity index (χ3n) is 4.61. The van der Waals surface area contributed by atoms with Gasteiger partial charge in [-0.25, -0.2) is 4.98 Å². The maximum absolute atomic E-state index is 12.6. The van der Waals surface area contributed by atoms with E-state index in [4.69, 9.17) is 4.74 Å². The first-order valence-corrected chi connectivity index (χ1v) is 9.62. The van der Waals surface area contributed by atoms with Gasteiger partial charge < -0.3 is 15.0 Å². The number of likely N-dealkylation sites (tertiary alicyclic amines) is 1. The van der Waals surface area contributed by atoms with Crippen LogP contribution in [0.4, 0.5) is 0 Å². The molecule has 0 spiro atoms. The number of ether oxygens (including phenoxy) is 1. The van der Waals surface area contributed by atoms with Crippen molar-refractivity contribution in [3.8, 4) is 5.75 Å². The molecule has 28 heavy (non-hydrogen) atoms. The molecule has 3 rings (SSSR count). The number of para-hydroxylation sites is 1. The quantitative estimate of drug-likeness (QED) is 0.830. The molecule has 2 aromatic rings. The fourth-order valence-electron chi connectivity index (χ4n) is 3.28. The van der Waals surface area contributed by atoms with Crippen molar-refractivity contribution in [3.63, 3.8) is 0 Å². The van der Waals surface area contributed by atoms with E-state index in [1.54, 1.807) is 23.2 Å². The molecule has 2 heterocycles. The van der Waals surface area contributed by atoms with Gasteiger partial charge in [-0.3, -0.25) is 14.6 Å². The van der Waals surface area contributed by atoms with Crippen LogP contribution in [0.2, 0.25) is 0 Å². The highest BCUT2D eigenvalue weighted by Gasteiger charge is 2.26. The predicted molar refractivity (Wildman–Crippen MR) is 105 cm³/mol. The fourth-order valence-corrected chi connectivity index (χ4v) is 3.28. The Labute approximate surface area is 165 Å². The Hall–Kier alpha value is -2.96. The van der Waals surface area contributed by atoms with Crippen LogP contribution in [-0.2, 0) is 0 Å². The molecule has 0 aliphatic carbocycles. The Morgan fingerprint density at radius 2 is 2.11 bits per heavy atom. The second-order valence-electron chi connectivity index (χ2n) is 7.29. The van der Waals surface area contributed by atoms with E-state index in [-0.39, 0.29) is 23.8 Å². The summed E-state index contributed by atoms with van der Waals surface area (Å²) in [5, 5.41) is 2.89. The summed E-state index contributed by atoms with van der Waals surface area (Å²) in [6.45, 7) is 5.61. The van der Waals surface area contributed by atoms with Crippen LogP contribution >= 0.6 is 0 Å². The molecule has 1 atom stereocenters. The number of nitrogens with zero attached hydrogens (tertiary/aromatic N) is 3. The van der Waals surface area contributed by atoms with Crippen molar-refractivity contribution < 1.29 is 14.3 Å². The van der Waals surface area contributed by atoms with Crippen molar-refractivity contribution in [1.82, 2.24) is 20.2 Å². The molecule has 7 nitrogen and oxygen atoms in total. The zero-order valence-corrected chi connectivity index (χ0v) is 16.3. The molecule has 1 aliphatic heterocycles. The third-order valence-corrected chi connectivity index (χ3v) is 4.61. The lowest BCUT2D eigenvalue weighted by Crippen LogP contribution is -2.42. The van der Waals surface area contributed by atoms with Gasteiger partial charge in [0.15, 0.2) is 0 Å². The lowest BCUT2D eigenvalue weighted by molar-refractivity contribution is 0.0626. The number of carbonyl (C=O) groups is 2. The third kappa shape index (κ3) is 5.06. The summed E-state index contributed by atoms with van der Waals surface area (Å²) in [7, 11) is 0. The number of amides is 2. The first-order chi connectivity index (χ1) is 13.5. The summed E-state index contributed by atoms with van der Waals surface area (Å²) in [6.07, 6.45) is 6.46. The van der Waals surface area contributed by atoms with E-state index < -0.39 is 0 Å². The van der Waals surface area contributed by atoms with E-state index >= 15 is 0 Å². The van der Waals surface area contributed by atoms with Gasteiger partial charge in [0.05, 0.1) is 18.4 Å². The SMILES string of the molecule is CC(C)NC(=O)c1ccccc1OCC1CCCN(C(=O)c2cnccn2)C1. The molecule has 1 fully saturated rings. The zero-order valence-electron chi connectivity index (χ0n) is 16.3. The predicted octanol–water partition coefficient (Wildman–Crippen LogP) is 2.55. The van der Waals surface area contributed by atoms with Crippen molar-refractivity contribution in [3.05, 3.63) is 54.1 Å². The highest BCUT2D eigenvalue weighted by Crippen LogP contribution is 2.22. The summed E-state index contributed by atoms with van der Waals surface area (Å²) < 4.78 is 5.99. The number of piperidine rings is 1. The number of aromatic nitrogens is 2. The zero-order chi connectivity index (χ0) is 19.9. The minimum atomic E-state index is -0.145.